The van der Waals surface area contributed by atoms with E-state index in [1.165, 1.54) is 38.5 Å². The summed E-state index contributed by atoms with van der Waals surface area (Å²) in [6, 6.07) is 19.1. The molecule has 39 heavy (non-hydrogen) atoms. The van der Waals surface area contributed by atoms with Crippen LogP contribution in [0.1, 0.15) is 48.5 Å². The van der Waals surface area contributed by atoms with Gasteiger partial charge in [0.1, 0.15) is 0 Å². The first kappa shape index (κ1) is 22.0. The second-order valence-corrected chi connectivity index (χ2v) is 49.1. The van der Waals surface area contributed by atoms with E-state index >= 15 is 0 Å². The van der Waals surface area contributed by atoms with Crippen molar-refractivity contribution >= 4 is 26.5 Å². The Morgan fingerprint density at radius 3 is 1.38 bits per heavy atom. The van der Waals surface area contributed by atoms with Crippen LogP contribution >= 0.6 is 15.8 Å². The van der Waals surface area contributed by atoms with E-state index in [0.29, 0.717) is 10.3 Å². The van der Waals surface area contributed by atoms with Crippen molar-refractivity contribution in [1.82, 2.24) is 0 Å². The van der Waals surface area contributed by atoms with Gasteiger partial charge in [0.25, 0.3) is 0 Å². The Hall–Kier alpha value is -0.581. The molecule has 2 aromatic carbocycles. The van der Waals surface area contributed by atoms with Gasteiger partial charge in [-0.15, -0.1) is 0 Å². The van der Waals surface area contributed by atoms with Crippen LogP contribution in [-0.2, 0) is 6.51 Å². The molecule has 0 aromatic heterocycles. The Kier molecular flexibility index (Phi) is 1.84. The van der Waals surface area contributed by atoms with Crippen LogP contribution in [0.25, 0.3) is 0 Å². The zero-order valence-corrected chi connectivity index (χ0v) is 27.8. The molecule has 10 fully saturated rings. The Labute approximate surface area is 227 Å². The number of fused-ring (bicyclic) bond motifs is 10. The van der Waals surface area contributed by atoms with Crippen LogP contribution in [-0.4, -0.2) is 34.2 Å². The summed E-state index contributed by atoms with van der Waals surface area (Å²) in [5.41, 5.74) is 0.929. The number of hydrogen-bond donors (Lipinski definition) is 0. The Bertz CT molecular complexity index is 1840. The summed E-state index contributed by atoms with van der Waals surface area (Å²) in [5.74, 6) is 2.00. The van der Waals surface area contributed by atoms with Gasteiger partial charge in [-0.1, -0.05) is 0 Å². The van der Waals surface area contributed by atoms with Crippen molar-refractivity contribution in [2.45, 2.75) is 111 Å². The number of benzene rings is 2. The third-order valence-corrected chi connectivity index (χ3v) is 74.8. The second-order valence-electron chi connectivity index (χ2n) is 18.9. The molecular formula is C34H44FeO2P2. The number of ether oxygens (including phenoxy) is 2. The molecular weight excluding hydrogens is 558 g/mol. The molecule has 5 heteroatoms. The first-order valence-corrected chi connectivity index (χ1v) is 24.2. The number of rotatable bonds is 7. The van der Waals surface area contributed by atoms with E-state index in [2.05, 4.69) is 97.0 Å². The van der Waals surface area contributed by atoms with Gasteiger partial charge in [-0.25, -0.2) is 0 Å². The van der Waals surface area contributed by atoms with Gasteiger partial charge in [0.05, 0.1) is 0 Å². The van der Waals surface area contributed by atoms with E-state index in [4.69, 9.17) is 9.47 Å². The van der Waals surface area contributed by atoms with E-state index in [1.54, 1.807) is 10.6 Å². The predicted octanol–water partition coefficient (Wildman–Crippen LogP) is 9.27. The van der Waals surface area contributed by atoms with Crippen LogP contribution in [0.2, 0.25) is 42.8 Å². The van der Waals surface area contributed by atoms with Crippen molar-refractivity contribution in [3.63, 3.8) is 0 Å². The fourth-order valence-electron chi connectivity index (χ4n) is 22.8. The van der Waals surface area contributed by atoms with E-state index in [1.807, 2.05) is 14.2 Å². The first-order chi connectivity index (χ1) is 18.2. The molecule has 2 aromatic rings. The zero-order valence-electron chi connectivity index (χ0n) is 24.9. The third kappa shape index (κ3) is 0.572. The Morgan fingerprint density at radius 1 is 0.667 bits per heavy atom. The topological polar surface area (TPSA) is 18.5 Å². The maximum absolute atomic E-state index is 5.66. The molecule has 0 N–H and O–H groups in total. The summed E-state index contributed by atoms with van der Waals surface area (Å²) < 4.78 is 12.9. The molecule has 1 spiro atoms. The zero-order chi connectivity index (χ0) is 27.0. The van der Waals surface area contributed by atoms with Crippen LogP contribution in [0.15, 0.2) is 48.5 Å². The molecule has 5 unspecified atom stereocenters. The van der Waals surface area contributed by atoms with Gasteiger partial charge in [-0.2, -0.15) is 0 Å². The predicted molar refractivity (Wildman–Crippen MR) is 163 cm³/mol. The molecule has 10 saturated heterocycles. The molecule has 10 aliphatic rings. The minimum atomic E-state index is -3.79. The Morgan fingerprint density at radius 2 is 1.08 bits per heavy atom. The molecule has 0 saturated carbocycles. The van der Waals surface area contributed by atoms with Crippen LogP contribution in [0, 0.1) is 0 Å². The van der Waals surface area contributed by atoms with Crippen molar-refractivity contribution in [1.29, 1.82) is 0 Å². The second kappa shape index (κ2) is 3.26. The monoisotopic (exact) mass is 602 g/mol. The summed E-state index contributed by atoms with van der Waals surface area (Å²) in [7, 11) is 3.12. The summed E-state index contributed by atoms with van der Waals surface area (Å²) in [4.78, 5) is 10.3. The first-order valence-electron chi connectivity index (χ1n) is 15.3. The van der Waals surface area contributed by atoms with Crippen molar-refractivity contribution in [2.75, 3.05) is 14.2 Å². The van der Waals surface area contributed by atoms with Gasteiger partial charge in [0.15, 0.2) is 0 Å². The minimum absolute atomic E-state index is 0.115. The van der Waals surface area contributed by atoms with Gasteiger partial charge >= 0.3 is 228 Å². The fourth-order valence-corrected chi connectivity index (χ4v) is 122. The van der Waals surface area contributed by atoms with Crippen LogP contribution in [0.4, 0.5) is 0 Å². The normalized spacial score (nSPS) is 62.3. The van der Waals surface area contributed by atoms with Gasteiger partial charge in [0.2, 0.25) is 0 Å². The van der Waals surface area contributed by atoms with Gasteiger partial charge in [-0.3, -0.25) is 0 Å². The van der Waals surface area contributed by atoms with Crippen LogP contribution in [0.5, 0.6) is 11.5 Å². The molecule has 10 aliphatic heterocycles. The quantitative estimate of drug-likeness (QED) is 0.232. The van der Waals surface area contributed by atoms with Gasteiger partial charge in [0, 0.05) is 0 Å². The summed E-state index contributed by atoms with van der Waals surface area (Å²) in [5, 5.41) is 4.12. The molecule has 10 heterocycles. The molecule has 210 valence electrons. The average molecular weight is 603 g/mol. The van der Waals surface area contributed by atoms with Crippen molar-refractivity contribution in [3.8, 4) is 11.5 Å². The molecule has 0 amide bonds. The molecule has 0 radical (unpaired) electrons. The summed E-state index contributed by atoms with van der Waals surface area (Å²) in [6.07, 6.45) is 0. The maximum atomic E-state index is 5.66. The van der Waals surface area contributed by atoms with Crippen molar-refractivity contribution < 1.29 is 16.0 Å². The molecule has 0 aliphatic carbocycles. The van der Waals surface area contributed by atoms with Gasteiger partial charge in [-0.05, 0) is 0 Å². The molecule has 2 nitrogen and oxygen atoms in total. The third-order valence-electron chi connectivity index (χ3n) is 20.3. The molecule has 0 bridgehead atoms. The molecule has 6 atom stereocenters. The van der Waals surface area contributed by atoms with Crippen molar-refractivity contribution in [2.24, 2.45) is 0 Å². The standard InChI is InChI=1S/C29H39O2P2.C5H5.Fe/c1-21(33(28(2,3)4)29(5,6)7)26-11-10-12-27(26)32(24-17-13-22(30-8)14-18-24)25-19-15-23(31-9)16-20-25;1-2-4-5-3-1;/h10-21H,1-9H3;1-5H;. The average Bonchev–Trinajstić information content (AvgIpc) is 3.82. The summed E-state index contributed by atoms with van der Waals surface area (Å²) in [6.45, 7) is 14.7. The summed E-state index contributed by atoms with van der Waals surface area (Å²) >= 11 is 0. The number of hydrogen-bond acceptors (Lipinski definition) is 2. The fraction of sp³-hybridized carbons (Fsp3) is 0.647. The van der Waals surface area contributed by atoms with Crippen molar-refractivity contribution in [3.05, 3.63) is 48.5 Å². The van der Waals surface area contributed by atoms with E-state index in [9.17, 15) is 0 Å². The van der Waals surface area contributed by atoms with Gasteiger partial charge < -0.3 is 0 Å². The van der Waals surface area contributed by atoms with E-state index < -0.39 is 6.51 Å². The van der Waals surface area contributed by atoms with E-state index in [-0.39, 0.29) is 15.8 Å². The SMILES string of the molecule is COc1ccc(P(c2ccc(OC)cc2)[C]23[CH]4[CH]5[CH]6[C@]2(C(C)P(C(C)(C)C)C(C)(C)C)[Fe]54632789[CH]3[CH]2[CH]7[CH]8[CH]39)cc1. The number of methoxy groups -OCH3 is 2. The Balaban J connectivity index is 1.16. The van der Waals surface area contributed by atoms with E-state index in [0.717, 1.165) is 25.5 Å². The van der Waals surface area contributed by atoms with Crippen LogP contribution < -0.4 is 20.1 Å². The molecule has 12 rings (SSSR count). The van der Waals surface area contributed by atoms with Crippen LogP contribution in [0.3, 0.4) is 0 Å².